The maximum atomic E-state index is 13.8. The third-order valence-corrected chi connectivity index (χ3v) is 2.83. The number of hydrogen-bond donors (Lipinski definition) is 1. The first-order chi connectivity index (χ1) is 8.74. The highest BCUT2D eigenvalue weighted by molar-refractivity contribution is 5.94. The highest BCUT2D eigenvalue weighted by Gasteiger charge is 2.29. The van der Waals surface area contributed by atoms with Gasteiger partial charge in [0.15, 0.2) is 5.82 Å². The summed E-state index contributed by atoms with van der Waals surface area (Å²) in [5, 5.41) is 6.55. The second-order valence-electron chi connectivity index (χ2n) is 4.27. The molecule has 0 bridgehead atoms. The van der Waals surface area contributed by atoms with Gasteiger partial charge in [-0.05, 0) is 31.0 Å². The molecular weight excluding hydrogens is 235 g/mol. The van der Waals surface area contributed by atoms with Crippen molar-refractivity contribution in [3.63, 3.8) is 0 Å². The van der Waals surface area contributed by atoms with Crippen molar-refractivity contribution in [2.75, 3.05) is 5.32 Å². The summed E-state index contributed by atoms with van der Waals surface area (Å²) in [4.78, 5) is 15.3. The van der Waals surface area contributed by atoms with Gasteiger partial charge >= 0.3 is 0 Å². The highest BCUT2D eigenvalue weighted by atomic mass is 19.1. The lowest BCUT2D eigenvalue weighted by atomic mass is 10.2. The normalized spacial score (nSPS) is 14.5. The van der Waals surface area contributed by atoms with Crippen molar-refractivity contribution in [2.24, 2.45) is 5.92 Å². The average Bonchev–Trinajstić information content (AvgIpc) is 3.07. The van der Waals surface area contributed by atoms with Gasteiger partial charge < -0.3 is 5.32 Å². The molecule has 1 amide bonds. The number of anilines is 1. The van der Waals surface area contributed by atoms with Crippen LogP contribution in [0.15, 0.2) is 30.9 Å². The SMILES string of the molecule is O=C(Nc1ccc(-n2cncn2)c(F)c1)C1CC1. The summed E-state index contributed by atoms with van der Waals surface area (Å²) in [6, 6.07) is 4.50. The van der Waals surface area contributed by atoms with Crippen molar-refractivity contribution in [1.29, 1.82) is 0 Å². The molecule has 3 rings (SSSR count). The number of halogens is 1. The fraction of sp³-hybridized carbons (Fsp3) is 0.250. The first kappa shape index (κ1) is 10.9. The van der Waals surface area contributed by atoms with Crippen LogP contribution in [0.2, 0.25) is 0 Å². The predicted octanol–water partition coefficient (Wildman–Crippen LogP) is 1.75. The number of benzene rings is 1. The summed E-state index contributed by atoms with van der Waals surface area (Å²) in [6.07, 6.45) is 4.60. The van der Waals surface area contributed by atoms with E-state index >= 15 is 0 Å². The zero-order valence-corrected chi connectivity index (χ0v) is 9.51. The zero-order valence-electron chi connectivity index (χ0n) is 9.51. The lowest BCUT2D eigenvalue weighted by Crippen LogP contribution is -2.13. The van der Waals surface area contributed by atoms with Crippen molar-refractivity contribution in [2.45, 2.75) is 12.8 Å². The number of amides is 1. The monoisotopic (exact) mass is 246 g/mol. The van der Waals surface area contributed by atoms with Gasteiger partial charge in [0.1, 0.15) is 18.3 Å². The molecule has 1 aromatic carbocycles. The molecule has 1 saturated carbocycles. The molecule has 0 spiro atoms. The summed E-state index contributed by atoms with van der Waals surface area (Å²) in [6.45, 7) is 0. The standard InChI is InChI=1S/C12H11FN4O/c13-10-5-9(16-12(18)8-1-2-8)3-4-11(10)17-7-14-6-15-17/h3-8H,1-2H2,(H,16,18). The lowest BCUT2D eigenvalue weighted by Gasteiger charge is -2.07. The smallest absolute Gasteiger partial charge is 0.227 e. The number of rotatable bonds is 3. The van der Waals surface area contributed by atoms with Crippen LogP contribution in [-0.4, -0.2) is 20.7 Å². The summed E-state index contributed by atoms with van der Waals surface area (Å²) in [5.41, 5.74) is 0.769. The fourth-order valence-electron chi connectivity index (χ4n) is 1.69. The summed E-state index contributed by atoms with van der Waals surface area (Å²) < 4.78 is 15.2. The van der Waals surface area contributed by atoms with Crippen molar-refractivity contribution >= 4 is 11.6 Å². The molecule has 1 N–H and O–H groups in total. The first-order valence-corrected chi connectivity index (χ1v) is 5.69. The molecule has 1 fully saturated rings. The van der Waals surface area contributed by atoms with Gasteiger partial charge in [-0.1, -0.05) is 0 Å². The van der Waals surface area contributed by atoms with Gasteiger partial charge in [-0.3, -0.25) is 4.79 Å². The Labute approximate surface area is 103 Å². The third-order valence-electron chi connectivity index (χ3n) is 2.83. The number of nitrogens with zero attached hydrogens (tertiary/aromatic N) is 3. The Morgan fingerprint density at radius 1 is 1.44 bits per heavy atom. The molecule has 1 aromatic heterocycles. The van der Waals surface area contributed by atoms with Crippen molar-refractivity contribution in [3.05, 3.63) is 36.7 Å². The molecule has 0 atom stereocenters. The maximum Gasteiger partial charge on any atom is 0.227 e. The Morgan fingerprint density at radius 2 is 2.28 bits per heavy atom. The second-order valence-corrected chi connectivity index (χ2v) is 4.27. The fourth-order valence-corrected chi connectivity index (χ4v) is 1.69. The van der Waals surface area contributed by atoms with Crippen LogP contribution < -0.4 is 5.32 Å². The van der Waals surface area contributed by atoms with E-state index in [1.807, 2.05) is 0 Å². The van der Waals surface area contributed by atoms with Crippen LogP contribution in [0.25, 0.3) is 5.69 Å². The van der Waals surface area contributed by atoms with E-state index in [1.165, 1.54) is 23.4 Å². The van der Waals surface area contributed by atoms with Crippen molar-refractivity contribution in [1.82, 2.24) is 14.8 Å². The Bertz CT molecular complexity index is 578. The van der Waals surface area contributed by atoms with E-state index < -0.39 is 5.82 Å². The number of aromatic nitrogens is 3. The van der Waals surface area contributed by atoms with E-state index in [9.17, 15) is 9.18 Å². The number of nitrogens with one attached hydrogen (secondary N) is 1. The molecule has 1 heterocycles. The average molecular weight is 246 g/mol. The van der Waals surface area contributed by atoms with Crippen LogP contribution in [0.5, 0.6) is 0 Å². The molecule has 0 saturated heterocycles. The molecular formula is C12H11FN4O. The zero-order chi connectivity index (χ0) is 12.5. The van der Waals surface area contributed by atoms with Gasteiger partial charge in [0.2, 0.25) is 5.91 Å². The number of hydrogen-bond acceptors (Lipinski definition) is 3. The van der Waals surface area contributed by atoms with Crippen LogP contribution in [-0.2, 0) is 4.79 Å². The molecule has 1 aliphatic rings. The van der Waals surface area contributed by atoms with Crippen LogP contribution in [0, 0.1) is 11.7 Å². The van der Waals surface area contributed by atoms with Gasteiger partial charge in [0.05, 0.1) is 0 Å². The second kappa shape index (κ2) is 4.21. The van der Waals surface area contributed by atoms with Crippen LogP contribution in [0.4, 0.5) is 10.1 Å². The Balaban J connectivity index is 1.82. The summed E-state index contributed by atoms with van der Waals surface area (Å²) >= 11 is 0. The van der Waals surface area contributed by atoms with Gasteiger partial charge in [0, 0.05) is 11.6 Å². The molecule has 5 nitrogen and oxygen atoms in total. The summed E-state index contributed by atoms with van der Waals surface area (Å²) in [7, 11) is 0. The third kappa shape index (κ3) is 2.09. The van der Waals surface area contributed by atoms with E-state index in [2.05, 4.69) is 15.4 Å². The molecule has 92 valence electrons. The minimum Gasteiger partial charge on any atom is -0.326 e. The van der Waals surface area contributed by atoms with E-state index in [-0.39, 0.29) is 11.8 Å². The Kier molecular flexibility index (Phi) is 2.55. The summed E-state index contributed by atoms with van der Waals surface area (Å²) in [5.74, 6) is -0.389. The number of carbonyl (C=O) groups excluding carboxylic acids is 1. The van der Waals surface area contributed by atoms with Crippen LogP contribution in [0.3, 0.4) is 0 Å². The molecule has 0 aliphatic heterocycles. The quantitative estimate of drug-likeness (QED) is 0.897. The lowest BCUT2D eigenvalue weighted by molar-refractivity contribution is -0.117. The van der Waals surface area contributed by atoms with Crippen LogP contribution in [0.1, 0.15) is 12.8 Å². The minimum atomic E-state index is -0.450. The first-order valence-electron chi connectivity index (χ1n) is 5.69. The maximum absolute atomic E-state index is 13.8. The Hall–Kier alpha value is -2.24. The van der Waals surface area contributed by atoms with E-state index in [4.69, 9.17) is 0 Å². The molecule has 6 heteroatoms. The van der Waals surface area contributed by atoms with Gasteiger partial charge in [-0.15, -0.1) is 0 Å². The van der Waals surface area contributed by atoms with Gasteiger partial charge in [-0.2, -0.15) is 5.10 Å². The predicted molar refractivity (Wildman–Crippen MR) is 62.7 cm³/mol. The Morgan fingerprint density at radius 3 is 2.89 bits per heavy atom. The number of carbonyl (C=O) groups is 1. The van der Waals surface area contributed by atoms with Crippen LogP contribution >= 0.6 is 0 Å². The highest BCUT2D eigenvalue weighted by Crippen LogP contribution is 2.30. The van der Waals surface area contributed by atoms with Crippen molar-refractivity contribution < 1.29 is 9.18 Å². The van der Waals surface area contributed by atoms with E-state index in [0.717, 1.165) is 12.8 Å². The van der Waals surface area contributed by atoms with Gasteiger partial charge in [-0.25, -0.2) is 14.1 Å². The molecule has 2 aromatic rings. The molecule has 0 unspecified atom stereocenters. The molecule has 0 radical (unpaired) electrons. The molecule has 1 aliphatic carbocycles. The largest absolute Gasteiger partial charge is 0.326 e. The minimum absolute atomic E-state index is 0.0390. The van der Waals surface area contributed by atoms with E-state index in [0.29, 0.717) is 11.4 Å². The topological polar surface area (TPSA) is 59.8 Å². The van der Waals surface area contributed by atoms with Gasteiger partial charge in [0.25, 0.3) is 0 Å². The van der Waals surface area contributed by atoms with E-state index in [1.54, 1.807) is 12.1 Å². The van der Waals surface area contributed by atoms with Crippen molar-refractivity contribution in [3.8, 4) is 5.69 Å². The molecule has 18 heavy (non-hydrogen) atoms.